The van der Waals surface area contributed by atoms with E-state index in [4.69, 9.17) is 0 Å². The molecule has 0 aliphatic carbocycles. The Labute approximate surface area is 91.0 Å². The molecule has 1 rings (SSSR count). The van der Waals surface area contributed by atoms with E-state index in [2.05, 4.69) is 5.32 Å². The molecule has 0 aromatic rings. The van der Waals surface area contributed by atoms with Crippen LogP contribution in [0.3, 0.4) is 0 Å². The lowest BCUT2D eigenvalue weighted by Crippen LogP contribution is -2.42. The molecule has 1 aliphatic heterocycles. The predicted molar refractivity (Wildman–Crippen MR) is 58.2 cm³/mol. The molecule has 1 N–H and O–H groups in total. The van der Waals surface area contributed by atoms with Crippen molar-refractivity contribution in [2.75, 3.05) is 13.1 Å². The Hall–Kier alpha value is -0.900. The predicted octanol–water partition coefficient (Wildman–Crippen LogP) is 0.625. The molecule has 86 valence electrons. The van der Waals surface area contributed by atoms with Crippen molar-refractivity contribution in [1.29, 1.82) is 0 Å². The van der Waals surface area contributed by atoms with Crippen molar-refractivity contribution in [3.05, 3.63) is 0 Å². The van der Waals surface area contributed by atoms with E-state index in [1.165, 1.54) is 4.90 Å². The normalized spacial score (nSPS) is 28.7. The van der Waals surface area contributed by atoms with Gasteiger partial charge in [0.05, 0.1) is 0 Å². The number of likely N-dealkylation sites (N-methyl/N-ethyl adjacent to an activating group) is 1. The Morgan fingerprint density at radius 3 is 2.13 bits per heavy atom. The van der Waals surface area contributed by atoms with Gasteiger partial charge < -0.3 is 5.32 Å². The van der Waals surface area contributed by atoms with Crippen LogP contribution in [-0.2, 0) is 9.59 Å². The lowest BCUT2D eigenvalue weighted by atomic mass is 10.00. The number of carbonyl (C=O) groups excluding carboxylic acids is 2. The van der Waals surface area contributed by atoms with E-state index >= 15 is 0 Å². The van der Waals surface area contributed by atoms with E-state index in [1.54, 1.807) is 0 Å². The Morgan fingerprint density at radius 2 is 1.73 bits per heavy atom. The van der Waals surface area contributed by atoms with Crippen LogP contribution in [0.15, 0.2) is 0 Å². The summed E-state index contributed by atoms with van der Waals surface area (Å²) in [6.45, 7) is 8.97. The highest BCUT2D eigenvalue weighted by atomic mass is 16.2. The highest BCUT2D eigenvalue weighted by Gasteiger charge is 2.42. The summed E-state index contributed by atoms with van der Waals surface area (Å²) >= 11 is 0. The largest absolute Gasteiger partial charge is 0.313 e. The molecule has 0 spiro atoms. The molecule has 3 atom stereocenters. The Kier molecular flexibility index (Phi) is 3.85. The number of carbonyl (C=O) groups is 2. The van der Waals surface area contributed by atoms with Crippen molar-refractivity contribution in [3.63, 3.8) is 0 Å². The SMILES string of the molecule is CCNC(C)CN1C(=O)C(C)C(C)C1=O. The van der Waals surface area contributed by atoms with E-state index < -0.39 is 0 Å². The number of nitrogens with zero attached hydrogens (tertiary/aromatic N) is 1. The van der Waals surface area contributed by atoms with Gasteiger partial charge in [0.2, 0.25) is 11.8 Å². The lowest BCUT2D eigenvalue weighted by molar-refractivity contribution is -0.140. The summed E-state index contributed by atoms with van der Waals surface area (Å²) < 4.78 is 0. The number of hydrogen-bond acceptors (Lipinski definition) is 3. The van der Waals surface area contributed by atoms with Gasteiger partial charge in [-0.2, -0.15) is 0 Å². The van der Waals surface area contributed by atoms with Crippen LogP contribution in [0.5, 0.6) is 0 Å². The Balaban J connectivity index is 2.62. The van der Waals surface area contributed by atoms with Crippen LogP contribution in [0.25, 0.3) is 0 Å². The summed E-state index contributed by atoms with van der Waals surface area (Å²) in [5.74, 6) is -0.382. The first-order chi connectivity index (χ1) is 6.99. The van der Waals surface area contributed by atoms with Crippen LogP contribution in [0.2, 0.25) is 0 Å². The lowest BCUT2D eigenvalue weighted by Gasteiger charge is -2.20. The van der Waals surface area contributed by atoms with Gasteiger partial charge in [0.1, 0.15) is 0 Å². The van der Waals surface area contributed by atoms with Gasteiger partial charge in [0, 0.05) is 24.4 Å². The van der Waals surface area contributed by atoms with Gasteiger partial charge in [-0.15, -0.1) is 0 Å². The first-order valence-corrected chi connectivity index (χ1v) is 5.57. The zero-order valence-corrected chi connectivity index (χ0v) is 9.91. The first-order valence-electron chi connectivity index (χ1n) is 5.57. The van der Waals surface area contributed by atoms with Crippen molar-refractivity contribution in [2.45, 2.75) is 33.7 Å². The van der Waals surface area contributed by atoms with Gasteiger partial charge in [-0.3, -0.25) is 14.5 Å². The van der Waals surface area contributed by atoms with Crippen molar-refractivity contribution in [3.8, 4) is 0 Å². The minimum atomic E-state index is -0.161. The van der Waals surface area contributed by atoms with Gasteiger partial charge >= 0.3 is 0 Å². The molecule has 3 unspecified atom stereocenters. The smallest absolute Gasteiger partial charge is 0.232 e. The summed E-state index contributed by atoms with van der Waals surface area (Å²) in [7, 11) is 0. The third kappa shape index (κ3) is 2.37. The van der Waals surface area contributed by atoms with Gasteiger partial charge in [0.25, 0.3) is 0 Å². The average Bonchev–Trinajstić information content (AvgIpc) is 2.36. The zero-order valence-electron chi connectivity index (χ0n) is 9.91. The molecule has 0 aromatic heterocycles. The van der Waals surface area contributed by atoms with E-state index in [0.29, 0.717) is 6.54 Å². The average molecular weight is 212 g/mol. The minimum Gasteiger partial charge on any atom is -0.313 e. The summed E-state index contributed by atoms with van der Waals surface area (Å²) in [6, 6.07) is 0.167. The van der Waals surface area contributed by atoms with E-state index in [9.17, 15) is 9.59 Å². The van der Waals surface area contributed by atoms with Gasteiger partial charge in [0.15, 0.2) is 0 Å². The first kappa shape index (κ1) is 12.2. The van der Waals surface area contributed by atoms with Crippen LogP contribution < -0.4 is 5.32 Å². The minimum absolute atomic E-state index is 0.0303. The molecular weight excluding hydrogens is 192 g/mol. The molecule has 0 radical (unpaired) electrons. The third-order valence-corrected chi connectivity index (χ3v) is 3.07. The number of imide groups is 1. The monoisotopic (exact) mass is 212 g/mol. The molecule has 1 aliphatic rings. The molecule has 1 heterocycles. The second kappa shape index (κ2) is 4.75. The van der Waals surface area contributed by atoms with Gasteiger partial charge in [-0.25, -0.2) is 0 Å². The highest BCUT2D eigenvalue weighted by molar-refractivity contribution is 6.04. The summed E-state index contributed by atoms with van der Waals surface area (Å²) in [6.07, 6.45) is 0. The van der Waals surface area contributed by atoms with Crippen molar-refractivity contribution in [2.24, 2.45) is 11.8 Å². The van der Waals surface area contributed by atoms with Crippen LogP contribution in [0.4, 0.5) is 0 Å². The quantitative estimate of drug-likeness (QED) is 0.695. The summed E-state index contributed by atoms with van der Waals surface area (Å²) in [5.41, 5.74) is 0. The number of amides is 2. The van der Waals surface area contributed by atoms with Crippen molar-refractivity contribution < 1.29 is 9.59 Å². The van der Waals surface area contributed by atoms with Crippen LogP contribution in [0.1, 0.15) is 27.7 Å². The standard InChI is InChI=1S/C11H20N2O2/c1-5-12-7(2)6-13-10(14)8(3)9(4)11(13)15/h7-9,12H,5-6H2,1-4H3. The summed E-state index contributed by atoms with van der Waals surface area (Å²) in [5, 5.41) is 3.20. The van der Waals surface area contributed by atoms with Gasteiger partial charge in [-0.05, 0) is 13.5 Å². The maximum absolute atomic E-state index is 11.7. The Bertz CT molecular complexity index is 245. The van der Waals surface area contributed by atoms with E-state index in [0.717, 1.165) is 6.54 Å². The molecule has 2 amide bonds. The van der Waals surface area contributed by atoms with Crippen LogP contribution >= 0.6 is 0 Å². The number of nitrogens with one attached hydrogen (secondary N) is 1. The molecule has 0 bridgehead atoms. The van der Waals surface area contributed by atoms with E-state index in [-0.39, 0.29) is 29.7 Å². The molecule has 0 aromatic carbocycles. The van der Waals surface area contributed by atoms with Crippen LogP contribution in [-0.4, -0.2) is 35.8 Å². The Morgan fingerprint density at radius 1 is 1.27 bits per heavy atom. The topological polar surface area (TPSA) is 49.4 Å². The molecule has 4 heteroatoms. The fourth-order valence-electron chi connectivity index (χ4n) is 1.89. The van der Waals surface area contributed by atoms with E-state index in [1.807, 2.05) is 27.7 Å². The molecule has 4 nitrogen and oxygen atoms in total. The van der Waals surface area contributed by atoms with Crippen molar-refractivity contribution in [1.82, 2.24) is 10.2 Å². The van der Waals surface area contributed by atoms with Crippen molar-refractivity contribution >= 4 is 11.8 Å². The highest BCUT2D eigenvalue weighted by Crippen LogP contribution is 2.25. The maximum Gasteiger partial charge on any atom is 0.232 e. The molecule has 15 heavy (non-hydrogen) atoms. The fourth-order valence-corrected chi connectivity index (χ4v) is 1.89. The molecule has 1 fully saturated rings. The third-order valence-electron chi connectivity index (χ3n) is 3.07. The molecule has 1 saturated heterocycles. The fraction of sp³-hybridized carbons (Fsp3) is 0.818. The molecule has 0 saturated carbocycles. The van der Waals surface area contributed by atoms with Gasteiger partial charge in [-0.1, -0.05) is 20.8 Å². The summed E-state index contributed by atoms with van der Waals surface area (Å²) in [4.78, 5) is 24.9. The maximum atomic E-state index is 11.7. The number of hydrogen-bond donors (Lipinski definition) is 1. The number of likely N-dealkylation sites (tertiary alicyclic amines) is 1. The second-order valence-corrected chi connectivity index (χ2v) is 4.32. The zero-order chi connectivity index (χ0) is 11.6. The second-order valence-electron chi connectivity index (χ2n) is 4.32. The molecular formula is C11H20N2O2. The number of rotatable bonds is 4. The van der Waals surface area contributed by atoms with Crippen LogP contribution in [0, 0.1) is 11.8 Å².